The van der Waals surface area contributed by atoms with Crippen LogP contribution in [0.25, 0.3) is 0 Å². The van der Waals surface area contributed by atoms with Gasteiger partial charge in [-0.15, -0.1) is 0 Å². The number of nitrogens with two attached hydrogens (primary N) is 2. The molecule has 2 aromatic rings. The quantitative estimate of drug-likeness (QED) is 0.463. The molecule has 48 heavy (non-hydrogen) atoms. The van der Waals surface area contributed by atoms with E-state index in [9.17, 15) is 16.8 Å². The molecule has 3 fully saturated rings. The Hall–Kier alpha value is -1.98. The molecule has 2 aromatic carbocycles. The van der Waals surface area contributed by atoms with E-state index in [0.717, 1.165) is 36.8 Å². The van der Waals surface area contributed by atoms with E-state index in [4.69, 9.17) is 38.7 Å². The minimum absolute atomic E-state index is 0.156. The van der Waals surface area contributed by atoms with E-state index >= 15 is 0 Å². The summed E-state index contributed by atoms with van der Waals surface area (Å²) in [6, 6.07) is 12.8. The summed E-state index contributed by atoms with van der Waals surface area (Å²) >= 11 is 0. The van der Waals surface area contributed by atoms with E-state index in [1.165, 1.54) is 49.9 Å². The third-order valence-electron chi connectivity index (χ3n) is 8.22. The van der Waals surface area contributed by atoms with E-state index in [1.807, 2.05) is 13.8 Å². The fourth-order valence-corrected chi connectivity index (χ4v) is 6.61. The van der Waals surface area contributed by atoms with E-state index in [1.54, 1.807) is 24.3 Å². The van der Waals surface area contributed by atoms with Crippen molar-refractivity contribution in [3.05, 3.63) is 59.7 Å². The van der Waals surface area contributed by atoms with Gasteiger partial charge >= 0.3 is 0 Å². The summed E-state index contributed by atoms with van der Waals surface area (Å²) in [5.41, 5.74) is 2.02. The maximum Gasteiger partial charge on any atom is 0.238 e. The Morgan fingerprint density at radius 1 is 0.458 bits per heavy atom. The van der Waals surface area contributed by atoms with Crippen molar-refractivity contribution in [2.75, 3.05) is 52.9 Å². The second kappa shape index (κ2) is 21.3. The lowest BCUT2D eigenvalue weighted by atomic mass is 9.94. The van der Waals surface area contributed by atoms with Crippen LogP contribution < -0.4 is 10.3 Å². The van der Waals surface area contributed by atoms with Gasteiger partial charge < -0.3 is 28.4 Å². The van der Waals surface area contributed by atoms with Crippen molar-refractivity contribution in [1.82, 2.24) is 0 Å². The van der Waals surface area contributed by atoms with Gasteiger partial charge in [-0.1, -0.05) is 61.1 Å². The number of benzene rings is 2. The molecule has 1 aliphatic heterocycles. The molecule has 4 atom stereocenters. The second-order valence-electron chi connectivity index (χ2n) is 12.1. The lowest BCUT2D eigenvalue weighted by Gasteiger charge is -2.32. The Morgan fingerprint density at radius 2 is 0.708 bits per heavy atom. The topological polar surface area (TPSA) is 176 Å². The standard InChI is InChI=1S/C20H36O6.2C7H9NO2S/c1-2-6-18-17(5-1)23-13-9-21-11-15-25-19-7-3-4-8-20(19)26-16-12-22-10-14-24-18;2*1-6-2-4-7(5-3-6)11(8,9)10/h17-20H,1-16H2;2*2-5H,1H3,(H2,8,9,10). The predicted octanol–water partition coefficient (Wildman–Crippen LogP) is 4.01. The van der Waals surface area contributed by atoms with Gasteiger partial charge in [-0.05, 0) is 63.8 Å². The first kappa shape index (κ1) is 40.4. The van der Waals surface area contributed by atoms with Crippen LogP contribution in [0, 0.1) is 13.8 Å². The van der Waals surface area contributed by atoms with Crippen molar-refractivity contribution < 1.29 is 45.3 Å². The van der Waals surface area contributed by atoms with Crippen LogP contribution in [0.4, 0.5) is 0 Å². The monoisotopic (exact) mass is 714 g/mol. The number of sulfonamides is 2. The molecule has 0 spiro atoms. The van der Waals surface area contributed by atoms with Crippen molar-refractivity contribution in [3.8, 4) is 0 Å². The van der Waals surface area contributed by atoms with Crippen molar-refractivity contribution in [3.63, 3.8) is 0 Å². The number of ether oxygens (including phenoxy) is 6. The first-order chi connectivity index (χ1) is 22.9. The minimum atomic E-state index is -3.52. The average molecular weight is 715 g/mol. The lowest BCUT2D eigenvalue weighted by Crippen LogP contribution is -2.37. The molecule has 0 amide bonds. The lowest BCUT2D eigenvalue weighted by molar-refractivity contribution is -0.129. The molecule has 2 saturated carbocycles. The fraction of sp³-hybridized carbons (Fsp3) is 0.647. The van der Waals surface area contributed by atoms with Crippen molar-refractivity contribution >= 4 is 20.0 Å². The van der Waals surface area contributed by atoms with Gasteiger partial charge in [0.1, 0.15) is 0 Å². The number of primary sulfonamides is 2. The molecule has 4 N–H and O–H groups in total. The maximum atomic E-state index is 10.7. The van der Waals surface area contributed by atoms with Gasteiger partial charge in [0.15, 0.2) is 0 Å². The molecule has 272 valence electrons. The Balaban J connectivity index is 0.000000233. The van der Waals surface area contributed by atoms with Gasteiger partial charge in [0, 0.05) is 0 Å². The molecular formula is C34H54N2O10S2. The highest BCUT2D eigenvalue weighted by Gasteiger charge is 2.28. The normalized spacial score (nSPS) is 25.2. The van der Waals surface area contributed by atoms with Crippen LogP contribution in [0.15, 0.2) is 58.3 Å². The van der Waals surface area contributed by atoms with Crippen LogP contribution in [0.3, 0.4) is 0 Å². The van der Waals surface area contributed by atoms with Gasteiger partial charge in [-0.25, -0.2) is 27.1 Å². The van der Waals surface area contributed by atoms with Crippen LogP contribution in [0.5, 0.6) is 0 Å². The van der Waals surface area contributed by atoms with Crippen molar-refractivity contribution in [2.45, 2.75) is 99.4 Å². The van der Waals surface area contributed by atoms with E-state index in [2.05, 4.69) is 0 Å². The Kier molecular flexibility index (Phi) is 17.9. The highest BCUT2D eigenvalue weighted by molar-refractivity contribution is 7.89. The molecule has 3 aliphatic rings. The van der Waals surface area contributed by atoms with Gasteiger partial charge in [-0.2, -0.15) is 0 Å². The Bertz CT molecular complexity index is 1250. The van der Waals surface area contributed by atoms with E-state index in [0.29, 0.717) is 52.9 Å². The summed E-state index contributed by atoms with van der Waals surface area (Å²) < 4.78 is 78.4. The molecule has 1 heterocycles. The first-order valence-corrected chi connectivity index (χ1v) is 19.8. The summed E-state index contributed by atoms with van der Waals surface area (Å²) in [5, 5.41) is 9.76. The summed E-state index contributed by atoms with van der Waals surface area (Å²) in [6.07, 6.45) is 9.93. The molecule has 4 unspecified atom stereocenters. The average Bonchev–Trinajstić information content (AvgIpc) is 3.05. The van der Waals surface area contributed by atoms with Crippen LogP contribution in [0.2, 0.25) is 0 Å². The van der Waals surface area contributed by atoms with Crippen molar-refractivity contribution in [1.29, 1.82) is 0 Å². The molecular weight excluding hydrogens is 661 g/mol. The van der Waals surface area contributed by atoms with Gasteiger partial charge in [0.25, 0.3) is 0 Å². The smallest absolute Gasteiger partial charge is 0.238 e. The van der Waals surface area contributed by atoms with Crippen LogP contribution in [-0.2, 0) is 48.5 Å². The maximum absolute atomic E-state index is 10.7. The molecule has 0 bridgehead atoms. The SMILES string of the molecule is C1CCC2OCCOCCOC3CCCCC3OCCOCCOC2C1.Cc1ccc(S(N)(=O)=O)cc1.Cc1ccc(S(N)(=O)=O)cc1. The summed E-state index contributed by atoms with van der Waals surface area (Å²) in [7, 11) is -7.04. The molecule has 0 aromatic heterocycles. The van der Waals surface area contributed by atoms with Gasteiger partial charge in [0.05, 0.1) is 87.1 Å². The zero-order valence-corrected chi connectivity index (χ0v) is 29.9. The molecule has 12 nitrogen and oxygen atoms in total. The highest BCUT2D eigenvalue weighted by Crippen LogP contribution is 2.25. The third kappa shape index (κ3) is 15.7. The first-order valence-electron chi connectivity index (χ1n) is 16.7. The highest BCUT2D eigenvalue weighted by atomic mass is 32.2. The van der Waals surface area contributed by atoms with Crippen LogP contribution >= 0.6 is 0 Å². The van der Waals surface area contributed by atoms with Crippen molar-refractivity contribution in [2.24, 2.45) is 10.3 Å². The summed E-state index contributed by atoms with van der Waals surface area (Å²) in [4.78, 5) is 0.311. The number of aryl methyl sites for hydroxylation is 2. The number of fused-ring (bicyclic) bond motifs is 2. The number of hydrogen-bond donors (Lipinski definition) is 2. The van der Waals surface area contributed by atoms with E-state index in [-0.39, 0.29) is 34.2 Å². The molecule has 1 saturated heterocycles. The fourth-order valence-electron chi connectivity index (χ4n) is 5.58. The van der Waals surface area contributed by atoms with Gasteiger partial charge in [-0.3, -0.25) is 0 Å². The number of rotatable bonds is 2. The molecule has 14 heteroatoms. The minimum Gasteiger partial charge on any atom is -0.377 e. The van der Waals surface area contributed by atoms with Gasteiger partial charge in [0.2, 0.25) is 20.0 Å². The van der Waals surface area contributed by atoms with Crippen LogP contribution in [-0.4, -0.2) is 94.1 Å². The largest absolute Gasteiger partial charge is 0.377 e. The third-order valence-corrected chi connectivity index (χ3v) is 10.1. The second-order valence-corrected chi connectivity index (χ2v) is 15.3. The summed E-state index contributed by atoms with van der Waals surface area (Å²) in [6.45, 7) is 8.69. The van der Waals surface area contributed by atoms with Crippen LogP contribution in [0.1, 0.15) is 62.5 Å². The summed E-state index contributed by atoms with van der Waals surface area (Å²) in [5.74, 6) is 0. The Labute approximate surface area is 286 Å². The zero-order chi connectivity index (χ0) is 34.8. The number of hydrogen-bond acceptors (Lipinski definition) is 10. The zero-order valence-electron chi connectivity index (χ0n) is 28.3. The predicted molar refractivity (Wildman–Crippen MR) is 183 cm³/mol. The molecule has 5 rings (SSSR count). The Morgan fingerprint density at radius 3 is 0.938 bits per heavy atom. The molecule has 0 radical (unpaired) electrons. The van der Waals surface area contributed by atoms with E-state index < -0.39 is 20.0 Å². The molecule has 2 aliphatic carbocycles.